The van der Waals surface area contributed by atoms with Crippen molar-refractivity contribution < 1.29 is 13.6 Å². The molecule has 1 fully saturated rings. The van der Waals surface area contributed by atoms with E-state index in [-0.39, 0.29) is 18.8 Å². The molecule has 0 atom stereocenters. The average Bonchev–Trinajstić information content (AvgIpc) is 2.59. The number of aromatic nitrogens is 2. The van der Waals surface area contributed by atoms with Crippen LogP contribution in [0.1, 0.15) is 47.7 Å². The number of hydrogen-bond donors (Lipinski definition) is 0. The van der Waals surface area contributed by atoms with E-state index in [2.05, 4.69) is 5.10 Å². The van der Waals surface area contributed by atoms with Gasteiger partial charge in [-0.15, -0.1) is 0 Å². The number of aldehydes is 1. The molecule has 0 aromatic carbocycles. The largest absolute Gasteiger partial charge is 0.298 e. The molecule has 0 bridgehead atoms. The third-order valence-electron chi connectivity index (χ3n) is 3.12. The van der Waals surface area contributed by atoms with Crippen molar-refractivity contribution in [1.82, 2.24) is 9.78 Å². The van der Waals surface area contributed by atoms with E-state index in [1.807, 2.05) is 0 Å². The third kappa shape index (κ3) is 2.13. The number of nitrogens with zero attached hydrogens (tertiary/aromatic N) is 2. The van der Waals surface area contributed by atoms with E-state index < -0.39 is 5.92 Å². The van der Waals surface area contributed by atoms with E-state index in [9.17, 15) is 13.6 Å². The van der Waals surface area contributed by atoms with Crippen molar-refractivity contribution in [1.29, 1.82) is 0 Å². The summed E-state index contributed by atoms with van der Waals surface area (Å²) in [5, 5.41) is 4.19. The van der Waals surface area contributed by atoms with Gasteiger partial charge in [-0.1, -0.05) is 0 Å². The maximum Gasteiger partial charge on any atom is 0.248 e. The lowest BCUT2D eigenvalue weighted by Crippen LogP contribution is -2.24. The molecule has 0 radical (unpaired) electrons. The Kier molecular flexibility index (Phi) is 2.78. The highest BCUT2D eigenvalue weighted by Crippen LogP contribution is 2.40. The molecule has 0 N–H and O–H groups in total. The van der Waals surface area contributed by atoms with Crippen LogP contribution in [0.2, 0.25) is 0 Å². The third-order valence-corrected chi connectivity index (χ3v) is 3.12. The molecule has 0 amide bonds. The van der Waals surface area contributed by atoms with Gasteiger partial charge in [-0.05, 0) is 12.8 Å². The van der Waals surface area contributed by atoms with Crippen LogP contribution in [-0.4, -0.2) is 22.0 Å². The van der Waals surface area contributed by atoms with Gasteiger partial charge in [0.05, 0.1) is 11.3 Å². The molecular formula is C11H14F2N2O. The highest BCUT2D eigenvalue weighted by atomic mass is 19.3. The van der Waals surface area contributed by atoms with Gasteiger partial charge in [0, 0.05) is 32.0 Å². The second-order valence-electron chi connectivity index (χ2n) is 4.39. The van der Waals surface area contributed by atoms with Gasteiger partial charge in [0.15, 0.2) is 6.29 Å². The molecule has 0 aliphatic heterocycles. The fourth-order valence-corrected chi connectivity index (χ4v) is 2.25. The smallest absolute Gasteiger partial charge is 0.248 e. The lowest BCUT2D eigenvalue weighted by atomic mass is 9.84. The Bertz CT molecular complexity index is 391. The molecule has 88 valence electrons. The summed E-state index contributed by atoms with van der Waals surface area (Å²) in [6, 6.07) is 0. The second kappa shape index (κ2) is 3.96. The predicted molar refractivity (Wildman–Crippen MR) is 54.8 cm³/mol. The summed E-state index contributed by atoms with van der Waals surface area (Å²) in [7, 11) is 1.73. The predicted octanol–water partition coefficient (Wildman–Crippen LogP) is 2.53. The van der Waals surface area contributed by atoms with Crippen LogP contribution in [0.15, 0.2) is 6.20 Å². The summed E-state index contributed by atoms with van der Waals surface area (Å²) in [5.41, 5.74) is 1.20. The molecule has 1 saturated carbocycles. The first-order chi connectivity index (χ1) is 7.52. The lowest BCUT2D eigenvalue weighted by molar-refractivity contribution is -0.0385. The molecule has 16 heavy (non-hydrogen) atoms. The van der Waals surface area contributed by atoms with E-state index >= 15 is 0 Å². The molecule has 1 aromatic rings. The van der Waals surface area contributed by atoms with Crippen LogP contribution in [0, 0.1) is 0 Å². The average molecular weight is 228 g/mol. The van der Waals surface area contributed by atoms with Crippen molar-refractivity contribution in [3.8, 4) is 0 Å². The molecule has 0 unspecified atom stereocenters. The minimum atomic E-state index is -2.54. The van der Waals surface area contributed by atoms with Gasteiger partial charge in [0.25, 0.3) is 0 Å². The SMILES string of the molecule is Cn1cc(C=O)c(C2CCC(F)(F)CC2)n1. The molecule has 1 aliphatic rings. The number of alkyl halides is 2. The first-order valence-electron chi connectivity index (χ1n) is 5.38. The summed E-state index contributed by atoms with van der Waals surface area (Å²) < 4.78 is 27.5. The minimum absolute atomic E-state index is 0.000949. The molecule has 3 nitrogen and oxygen atoms in total. The standard InChI is InChI=1S/C11H14F2N2O/c1-15-6-9(7-16)10(14-15)8-2-4-11(12,13)5-3-8/h6-8H,2-5H2,1H3. The summed E-state index contributed by atoms with van der Waals surface area (Å²) in [6.07, 6.45) is 2.99. The Morgan fingerprint density at radius 1 is 1.50 bits per heavy atom. The first-order valence-corrected chi connectivity index (χ1v) is 5.38. The van der Waals surface area contributed by atoms with Crippen molar-refractivity contribution in [2.24, 2.45) is 7.05 Å². The zero-order valence-corrected chi connectivity index (χ0v) is 9.12. The molecular weight excluding hydrogens is 214 g/mol. The fraction of sp³-hybridized carbons (Fsp3) is 0.636. The molecule has 1 heterocycles. The summed E-state index contributed by atoms with van der Waals surface area (Å²) in [5.74, 6) is -2.53. The van der Waals surface area contributed by atoms with Crippen LogP contribution >= 0.6 is 0 Å². The van der Waals surface area contributed by atoms with E-state index in [4.69, 9.17) is 0 Å². The topological polar surface area (TPSA) is 34.9 Å². The number of carbonyl (C=O) groups is 1. The molecule has 0 saturated heterocycles. The molecule has 0 spiro atoms. The van der Waals surface area contributed by atoms with Crippen molar-refractivity contribution in [2.45, 2.75) is 37.5 Å². The van der Waals surface area contributed by atoms with Crippen LogP contribution in [0.25, 0.3) is 0 Å². The number of rotatable bonds is 2. The Hall–Kier alpha value is -1.26. The maximum absolute atomic E-state index is 13.0. The van der Waals surface area contributed by atoms with E-state index in [0.717, 1.165) is 6.29 Å². The monoisotopic (exact) mass is 228 g/mol. The van der Waals surface area contributed by atoms with Crippen molar-refractivity contribution in [2.75, 3.05) is 0 Å². The second-order valence-corrected chi connectivity index (χ2v) is 4.39. The van der Waals surface area contributed by atoms with Gasteiger partial charge in [0.1, 0.15) is 0 Å². The van der Waals surface area contributed by atoms with E-state index in [0.29, 0.717) is 24.1 Å². The van der Waals surface area contributed by atoms with Crippen LogP contribution in [-0.2, 0) is 7.05 Å². The van der Waals surface area contributed by atoms with Crippen LogP contribution < -0.4 is 0 Å². The molecule has 1 aliphatic carbocycles. The van der Waals surface area contributed by atoms with Gasteiger partial charge in [-0.3, -0.25) is 9.48 Å². The zero-order valence-electron chi connectivity index (χ0n) is 9.12. The highest BCUT2D eigenvalue weighted by molar-refractivity contribution is 5.76. The Morgan fingerprint density at radius 3 is 2.69 bits per heavy atom. The molecule has 1 aromatic heterocycles. The number of hydrogen-bond acceptors (Lipinski definition) is 2. The Labute approximate surface area is 92.4 Å². The number of halogens is 2. The minimum Gasteiger partial charge on any atom is -0.298 e. The Balaban J connectivity index is 2.16. The number of carbonyl (C=O) groups excluding carboxylic acids is 1. The van der Waals surface area contributed by atoms with E-state index in [1.54, 1.807) is 17.9 Å². The highest BCUT2D eigenvalue weighted by Gasteiger charge is 2.36. The van der Waals surface area contributed by atoms with Crippen molar-refractivity contribution in [3.63, 3.8) is 0 Å². The van der Waals surface area contributed by atoms with Crippen LogP contribution in [0.4, 0.5) is 8.78 Å². The lowest BCUT2D eigenvalue weighted by Gasteiger charge is -2.27. The van der Waals surface area contributed by atoms with Crippen molar-refractivity contribution >= 4 is 6.29 Å². The summed E-state index contributed by atoms with van der Waals surface area (Å²) in [6.45, 7) is 0. The zero-order chi connectivity index (χ0) is 11.8. The van der Waals surface area contributed by atoms with E-state index in [1.165, 1.54) is 0 Å². The van der Waals surface area contributed by atoms with Gasteiger partial charge >= 0.3 is 0 Å². The van der Waals surface area contributed by atoms with Gasteiger partial charge < -0.3 is 0 Å². The Morgan fingerprint density at radius 2 is 2.12 bits per heavy atom. The number of aryl methyl sites for hydroxylation is 1. The van der Waals surface area contributed by atoms with Crippen LogP contribution in [0.5, 0.6) is 0 Å². The summed E-state index contributed by atoms with van der Waals surface area (Å²) in [4.78, 5) is 10.8. The van der Waals surface area contributed by atoms with Crippen LogP contribution in [0.3, 0.4) is 0 Å². The molecule has 5 heteroatoms. The van der Waals surface area contributed by atoms with Gasteiger partial charge in [0.2, 0.25) is 5.92 Å². The van der Waals surface area contributed by atoms with Gasteiger partial charge in [-0.2, -0.15) is 5.10 Å². The normalized spacial score (nSPS) is 20.9. The van der Waals surface area contributed by atoms with Crippen molar-refractivity contribution in [3.05, 3.63) is 17.5 Å². The molecule has 2 rings (SSSR count). The quantitative estimate of drug-likeness (QED) is 0.729. The van der Waals surface area contributed by atoms with Gasteiger partial charge in [-0.25, -0.2) is 8.78 Å². The maximum atomic E-state index is 13.0. The first kappa shape index (κ1) is 11.2. The summed E-state index contributed by atoms with van der Waals surface area (Å²) >= 11 is 0. The fourth-order valence-electron chi connectivity index (χ4n) is 2.25.